The fourth-order valence-electron chi connectivity index (χ4n) is 3.70. The van der Waals surface area contributed by atoms with Gasteiger partial charge in [0, 0.05) is 38.2 Å². The SMILES string of the molecule is CCCN(CC(C)CC(=O)O)N(C(C)=O)c1ccc(NC(=O)Nc2ccccc2C)c(OC)c1. The van der Waals surface area contributed by atoms with Crippen LogP contribution in [0.3, 0.4) is 0 Å². The van der Waals surface area contributed by atoms with Gasteiger partial charge in [0.15, 0.2) is 0 Å². The third-order valence-electron chi connectivity index (χ3n) is 5.18. The maximum Gasteiger partial charge on any atom is 0.323 e. The minimum absolute atomic E-state index is 0.00807. The number of carbonyl (C=O) groups is 3. The fraction of sp³-hybridized carbons (Fsp3) is 0.400. The molecule has 0 spiro atoms. The molecule has 3 amide bonds. The van der Waals surface area contributed by atoms with Crippen LogP contribution in [0.2, 0.25) is 0 Å². The van der Waals surface area contributed by atoms with E-state index in [9.17, 15) is 14.4 Å². The summed E-state index contributed by atoms with van der Waals surface area (Å²) in [4.78, 5) is 36.3. The van der Waals surface area contributed by atoms with Gasteiger partial charge < -0.3 is 20.5 Å². The summed E-state index contributed by atoms with van der Waals surface area (Å²) in [5.74, 6) is -0.854. The van der Waals surface area contributed by atoms with Gasteiger partial charge in [-0.3, -0.25) is 9.59 Å². The van der Waals surface area contributed by atoms with Gasteiger partial charge in [0.25, 0.3) is 0 Å². The van der Waals surface area contributed by atoms with E-state index in [0.717, 1.165) is 12.0 Å². The average molecular weight is 471 g/mol. The molecule has 0 fully saturated rings. The standard InChI is InChI=1S/C25H34N4O5/c1-6-13-28(16-17(2)14-24(31)32)29(19(4)30)20-11-12-22(23(15-20)34-5)27-25(33)26-21-10-8-7-9-18(21)3/h7-12,15,17H,6,13-14,16H2,1-5H3,(H,31,32)(H2,26,27,33). The monoisotopic (exact) mass is 470 g/mol. The Labute approximate surface area is 200 Å². The number of nitrogens with one attached hydrogen (secondary N) is 2. The van der Waals surface area contributed by atoms with Crippen molar-refractivity contribution < 1.29 is 24.2 Å². The predicted molar refractivity (Wildman–Crippen MR) is 133 cm³/mol. The molecule has 0 aliphatic carbocycles. The molecule has 1 unspecified atom stereocenters. The number of nitrogens with zero attached hydrogens (tertiary/aromatic N) is 2. The highest BCUT2D eigenvalue weighted by atomic mass is 16.5. The highest BCUT2D eigenvalue weighted by Gasteiger charge is 2.24. The van der Waals surface area contributed by atoms with E-state index in [1.165, 1.54) is 19.0 Å². The van der Waals surface area contributed by atoms with E-state index in [2.05, 4.69) is 10.6 Å². The molecule has 0 aliphatic heterocycles. The van der Waals surface area contributed by atoms with Gasteiger partial charge in [0.05, 0.1) is 18.5 Å². The van der Waals surface area contributed by atoms with Crippen LogP contribution >= 0.6 is 0 Å². The molecular formula is C25H34N4O5. The average Bonchev–Trinajstić information content (AvgIpc) is 2.75. The molecule has 0 heterocycles. The number of urea groups is 1. The Morgan fingerprint density at radius 3 is 2.35 bits per heavy atom. The minimum atomic E-state index is -0.876. The summed E-state index contributed by atoms with van der Waals surface area (Å²) in [7, 11) is 1.49. The summed E-state index contributed by atoms with van der Waals surface area (Å²) in [6.45, 7) is 8.18. The molecule has 9 heteroatoms. The summed E-state index contributed by atoms with van der Waals surface area (Å²) in [5, 5.41) is 18.1. The van der Waals surface area contributed by atoms with Gasteiger partial charge in [-0.15, -0.1) is 0 Å². The van der Waals surface area contributed by atoms with Crippen molar-refractivity contribution in [3.63, 3.8) is 0 Å². The Bertz CT molecular complexity index is 1010. The molecule has 0 bridgehead atoms. The Balaban J connectivity index is 2.26. The van der Waals surface area contributed by atoms with Gasteiger partial charge in [-0.25, -0.2) is 14.8 Å². The molecule has 0 aliphatic rings. The number of ether oxygens (including phenoxy) is 1. The number of para-hydroxylation sites is 1. The lowest BCUT2D eigenvalue weighted by Crippen LogP contribution is -2.48. The lowest BCUT2D eigenvalue weighted by atomic mass is 10.1. The van der Waals surface area contributed by atoms with Crippen molar-refractivity contribution in [2.24, 2.45) is 5.92 Å². The second-order valence-electron chi connectivity index (χ2n) is 8.23. The Kier molecular flexibility index (Phi) is 9.88. The first-order valence-corrected chi connectivity index (χ1v) is 11.2. The molecule has 0 saturated heterocycles. The largest absolute Gasteiger partial charge is 0.494 e. The zero-order chi connectivity index (χ0) is 25.3. The van der Waals surface area contributed by atoms with Crippen LogP contribution in [-0.2, 0) is 9.59 Å². The quantitative estimate of drug-likeness (QED) is 0.409. The summed E-state index contributed by atoms with van der Waals surface area (Å²) in [5.41, 5.74) is 2.64. The Morgan fingerprint density at radius 1 is 1.09 bits per heavy atom. The molecule has 9 nitrogen and oxygen atoms in total. The van der Waals surface area contributed by atoms with Gasteiger partial charge in [-0.1, -0.05) is 32.0 Å². The van der Waals surface area contributed by atoms with E-state index in [1.807, 2.05) is 50.0 Å². The first-order valence-electron chi connectivity index (χ1n) is 11.2. The van der Waals surface area contributed by atoms with E-state index < -0.39 is 12.0 Å². The number of benzene rings is 2. The lowest BCUT2D eigenvalue weighted by Gasteiger charge is -2.36. The molecular weight excluding hydrogens is 436 g/mol. The maximum absolute atomic E-state index is 12.6. The molecule has 1 atom stereocenters. The first-order chi connectivity index (χ1) is 16.2. The molecule has 0 radical (unpaired) electrons. The molecule has 0 aromatic heterocycles. The van der Waals surface area contributed by atoms with Gasteiger partial charge in [-0.05, 0) is 43.0 Å². The third-order valence-corrected chi connectivity index (χ3v) is 5.18. The van der Waals surface area contributed by atoms with Gasteiger partial charge >= 0.3 is 12.0 Å². The number of aryl methyl sites for hydroxylation is 1. The van der Waals surface area contributed by atoms with E-state index >= 15 is 0 Å². The minimum Gasteiger partial charge on any atom is -0.494 e. The number of carboxylic acid groups (broad SMARTS) is 1. The normalized spacial score (nSPS) is 11.6. The summed E-state index contributed by atoms with van der Waals surface area (Å²) in [6, 6.07) is 12.1. The molecule has 2 aromatic rings. The van der Waals surface area contributed by atoms with Gasteiger partial charge in [0.1, 0.15) is 5.75 Å². The summed E-state index contributed by atoms with van der Waals surface area (Å²) in [6.07, 6.45) is 0.785. The number of methoxy groups -OCH3 is 1. The van der Waals surface area contributed by atoms with Crippen LogP contribution in [0.15, 0.2) is 42.5 Å². The number of anilines is 3. The zero-order valence-corrected chi connectivity index (χ0v) is 20.4. The number of rotatable bonds is 11. The number of hydrazine groups is 1. The molecule has 2 aromatic carbocycles. The first kappa shape index (κ1) is 26.7. The number of amides is 3. The van der Waals surface area contributed by atoms with E-state index in [1.54, 1.807) is 18.2 Å². The van der Waals surface area contributed by atoms with Crippen molar-refractivity contribution >= 4 is 35.0 Å². The van der Waals surface area contributed by atoms with Crippen LogP contribution in [0.1, 0.15) is 39.2 Å². The third kappa shape index (κ3) is 7.48. The molecule has 184 valence electrons. The molecule has 3 N–H and O–H groups in total. The predicted octanol–water partition coefficient (Wildman–Crippen LogP) is 4.74. The topological polar surface area (TPSA) is 111 Å². The number of hydrogen-bond donors (Lipinski definition) is 3. The van der Waals surface area contributed by atoms with Crippen LogP contribution < -0.4 is 20.4 Å². The van der Waals surface area contributed by atoms with Crippen molar-refractivity contribution in [2.75, 3.05) is 35.8 Å². The second-order valence-corrected chi connectivity index (χ2v) is 8.23. The van der Waals surface area contributed by atoms with Crippen LogP contribution in [0.4, 0.5) is 21.9 Å². The molecule has 2 rings (SSSR count). The van der Waals surface area contributed by atoms with Crippen molar-refractivity contribution in [3.8, 4) is 5.75 Å². The Morgan fingerprint density at radius 2 is 1.76 bits per heavy atom. The number of carboxylic acids is 1. The summed E-state index contributed by atoms with van der Waals surface area (Å²) >= 11 is 0. The van der Waals surface area contributed by atoms with Crippen LogP contribution in [0.25, 0.3) is 0 Å². The van der Waals surface area contributed by atoms with Crippen LogP contribution in [0.5, 0.6) is 5.75 Å². The van der Waals surface area contributed by atoms with Crippen LogP contribution in [-0.4, -0.2) is 48.2 Å². The zero-order valence-electron chi connectivity index (χ0n) is 20.4. The van der Waals surface area contributed by atoms with Crippen molar-refractivity contribution in [2.45, 2.75) is 40.5 Å². The van der Waals surface area contributed by atoms with E-state index in [4.69, 9.17) is 9.84 Å². The van der Waals surface area contributed by atoms with Crippen molar-refractivity contribution in [1.29, 1.82) is 0 Å². The lowest BCUT2D eigenvalue weighted by molar-refractivity contribution is -0.138. The van der Waals surface area contributed by atoms with Crippen molar-refractivity contribution in [3.05, 3.63) is 48.0 Å². The number of hydrogen-bond acceptors (Lipinski definition) is 5. The highest BCUT2D eigenvalue weighted by Crippen LogP contribution is 2.31. The fourth-order valence-corrected chi connectivity index (χ4v) is 3.70. The van der Waals surface area contributed by atoms with Gasteiger partial charge in [0.2, 0.25) is 5.91 Å². The number of carbonyl (C=O) groups excluding carboxylic acids is 2. The molecule has 34 heavy (non-hydrogen) atoms. The van der Waals surface area contributed by atoms with E-state index in [-0.39, 0.29) is 18.2 Å². The Hall–Kier alpha value is -3.59. The maximum atomic E-state index is 12.6. The van der Waals surface area contributed by atoms with Crippen LogP contribution in [0, 0.1) is 12.8 Å². The number of aliphatic carboxylic acids is 1. The van der Waals surface area contributed by atoms with E-state index in [0.29, 0.717) is 35.9 Å². The highest BCUT2D eigenvalue weighted by molar-refractivity contribution is 6.01. The smallest absolute Gasteiger partial charge is 0.323 e. The second kappa shape index (κ2) is 12.6. The molecule has 0 saturated carbocycles. The van der Waals surface area contributed by atoms with Gasteiger partial charge in [-0.2, -0.15) is 0 Å². The van der Waals surface area contributed by atoms with Crippen molar-refractivity contribution in [1.82, 2.24) is 5.01 Å². The summed E-state index contributed by atoms with van der Waals surface area (Å²) < 4.78 is 5.49.